The van der Waals surface area contributed by atoms with E-state index in [4.69, 9.17) is 4.52 Å². The second-order valence-corrected chi connectivity index (χ2v) is 5.52. The number of Topliss-reactive ketones (excluding diaryl/α,β-unsaturated/α-hetero) is 1. The van der Waals surface area contributed by atoms with E-state index in [1.165, 1.54) is 12.1 Å². The molecule has 7 nitrogen and oxygen atoms in total. The summed E-state index contributed by atoms with van der Waals surface area (Å²) in [6.45, 7) is 5.67. The molecule has 22 heavy (non-hydrogen) atoms. The first-order valence-electron chi connectivity index (χ1n) is 6.90. The third-order valence-electron chi connectivity index (χ3n) is 3.92. The number of nitro benzene ring substituents is 1. The van der Waals surface area contributed by atoms with Crippen molar-refractivity contribution in [2.75, 3.05) is 4.90 Å². The van der Waals surface area contributed by atoms with Crippen LogP contribution in [-0.2, 0) is 6.54 Å². The molecular formula is C15H15N3O4. The summed E-state index contributed by atoms with van der Waals surface area (Å²) in [5.74, 6) is 0.591. The van der Waals surface area contributed by atoms with Gasteiger partial charge in [-0.25, -0.2) is 0 Å². The molecule has 1 aliphatic rings. The van der Waals surface area contributed by atoms with Gasteiger partial charge in [-0.1, -0.05) is 5.16 Å². The van der Waals surface area contributed by atoms with Crippen LogP contribution in [0.1, 0.15) is 34.3 Å². The molecule has 114 valence electrons. The zero-order valence-electron chi connectivity index (χ0n) is 12.5. The van der Waals surface area contributed by atoms with Crippen LogP contribution in [0.2, 0.25) is 0 Å². The van der Waals surface area contributed by atoms with Gasteiger partial charge in [0.05, 0.1) is 28.9 Å². The zero-order chi connectivity index (χ0) is 16.0. The highest BCUT2D eigenvalue weighted by atomic mass is 16.6. The summed E-state index contributed by atoms with van der Waals surface area (Å²) in [4.78, 5) is 24.9. The van der Waals surface area contributed by atoms with Crippen LogP contribution in [0.5, 0.6) is 0 Å². The van der Waals surface area contributed by atoms with Crippen molar-refractivity contribution in [1.29, 1.82) is 0 Å². The quantitative estimate of drug-likeness (QED) is 0.639. The number of rotatable bonds is 3. The molecule has 0 spiro atoms. The van der Waals surface area contributed by atoms with Crippen molar-refractivity contribution in [2.45, 2.75) is 33.4 Å². The van der Waals surface area contributed by atoms with E-state index in [2.05, 4.69) is 5.16 Å². The van der Waals surface area contributed by atoms with Crippen molar-refractivity contribution in [1.82, 2.24) is 5.16 Å². The molecule has 2 aromatic rings. The van der Waals surface area contributed by atoms with Gasteiger partial charge < -0.3 is 9.42 Å². The second kappa shape index (κ2) is 4.94. The molecule has 7 heteroatoms. The molecule has 0 amide bonds. The molecule has 0 fully saturated rings. The van der Waals surface area contributed by atoms with E-state index in [9.17, 15) is 14.9 Å². The number of hydrogen-bond acceptors (Lipinski definition) is 6. The van der Waals surface area contributed by atoms with Crippen LogP contribution in [0.3, 0.4) is 0 Å². The molecule has 3 rings (SSSR count). The number of non-ortho nitro benzene ring substituents is 1. The summed E-state index contributed by atoms with van der Waals surface area (Å²) in [6, 6.07) is 4.29. The molecule has 1 aromatic carbocycles. The number of aryl methyl sites for hydroxylation is 2. The lowest BCUT2D eigenvalue weighted by Crippen LogP contribution is -2.31. The number of carbonyl (C=O) groups excluding carboxylic acids is 1. The normalized spacial score (nSPS) is 17.0. The van der Waals surface area contributed by atoms with Crippen LogP contribution >= 0.6 is 0 Å². The van der Waals surface area contributed by atoms with Crippen molar-refractivity contribution < 1.29 is 14.2 Å². The largest absolute Gasteiger partial charge is 0.359 e. The monoisotopic (exact) mass is 301 g/mol. The van der Waals surface area contributed by atoms with Crippen molar-refractivity contribution >= 4 is 17.2 Å². The number of aromatic nitrogens is 1. The Bertz CT molecular complexity index is 781. The summed E-state index contributed by atoms with van der Waals surface area (Å²) in [5.41, 5.74) is 2.49. The van der Waals surface area contributed by atoms with Gasteiger partial charge in [0.25, 0.3) is 5.69 Å². The van der Waals surface area contributed by atoms with Gasteiger partial charge in [0.1, 0.15) is 0 Å². The molecule has 0 radical (unpaired) electrons. The Morgan fingerprint density at radius 2 is 2.09 bits per heavy atom. The first-order chi connectivity index (χ1) is 10.4. The van der Waals surface area contributed by atoms with Gasteiger partial charge in [0.2, 0.25) is 0 Å². The molecule has 1 aromatic heterocycles. The predicted molar refractivity (Wildman–Crippen MR) is 79.0 cm³/mol. The number of nitrogens with zero attached hydrogens (tertiary/aromatic N) is 3. The van der Waals surface area contributed by atoms with Gasteiger partial charge in [-0.15, -0.1) is 0 Å². The van der Waals surface area contributed by atoms with E-state index in [-0.39, 0.29) is 17.5 Å². The lowest BCUT2D eigenvalue weighted by atomic mass is 10.0. The Morgan fingerprint density at radius 1 is 1.36 bits per heavy atom. The van der Waals surface area contributed by atoms with Gasteiger partial charge in [0.15, 0.2) is 11.5 Å². The molecule has 0 N–H and O–H groups in total. The molecule has 1 unspecified atom stereocenters. The van der Waals surface area contributed by atoms with Crippen LogP contribution in [0.15, 0.2) is 22.7 Å². The summed E-state index contributed by atoms with van der Waals surface area (Å²) >= 11 is 0. The Hall–Kier alpha value is -2.70. The Kier molecular flexibility index (Phi) is 3.20. The highest BCUT2D eigenvalue weighted by Crippen LogP contribution is 2.38. The Morgan fingerprint density at radius 3 is 2.68 bits per heavy atom. The fourth-order valence-electron chi connectivity index (χ4n) is 2.84. The van der Waals surface area contributed by atoms with Crippen molar-refractivity contribution in [3.63, 3.8) is 0 Å². The standard InChI is InChI=1S/C15H15N3O4/c1-8-4-11(18(20)21)6-13-14(8)15(19)10(3)17(13)7-12-5-9(2)16-22-12/h4-6,10H,7H2,1-3H3. The van der Waals surface area contributed by atoms with Gasteiger partial charge >= 0.3 is 0 Å². The Balaban J connectivity index is 2.07. The van der Waals surface area contributed by atoms with E-state index in [0.29, 0.717) is 29.1 Å². The first kappa shape index (κ1) is 14.2. The lowest BCUT2D eigenvalue weighted by Gasteiger charge is -2.21. The van der Waals surface area contributed by atoms with Gasteiger partial charge in [-0.05, 0) is 26.3 Å². The minimum Gasteiger partial charge on any atom is -0.359 e. The molecule has 0 aliphatic carbocycles. The third-order valence-corrected chi connectivity index (χ3v) is 3.92. The lowest BCUT2D eigenvalue weighted by molar-refractivity contribution is -0.384. The topological polar surface area (TPSA) is 89.5 Å². The van der Waals surface area contributed by atoms with Crippen LogP contribution in [0.4, 0.5) is 11.4 Å². The molecule has 1 aliphatic heterocycles. The summed E-state index contributed by atoms with van der Waals surface area (Å²) in [6.07, 6.45) is 0. The number of ketones is 1. The number of anilines is 1. The number of carbonyl (C=O) groups is 1. The molecule has 0 bridgehead atoms. The first-order valence-corrected chi connectivity index (χ1v) is 6.90. The van der Waals surface area contributed by atoms with E-state index in [0.717, 1.165) is 5.69 Å². The number of benzene rings is 1. The number of hydrogen-bond donors (Lipinski definition) is 0. The molecular weight excluding hydrogens is 286 g/mol. The second-order valence-electron chi connectivity index (χ2n) is 5.52. The van der Waals surface area contributed by atoms with Crippen LogP contribution in [0.25, 0.3) is 0 Å². The average molecular weight is 301 g/mol. The van der Waals surface area contributed by atoms with Crippen LogP contribution < -0.4 is 4.90 Å². The molecule has 1 atom stereocenters. The Labute approximate surface area is 126 Å². The van der Waals surface area contributed by atoms with Gasteiger partial charge in [-0.2, -0.15) is 0 Å². The van der Waals surface area contributed by atoms with E-state index < -0.39 is 4.92 Å². The molecule has 2 heterocycles. The smallest absolute Gasteiger partial charge is 0.271 e. The number of nitro groups is 1. The molecule has 0 saturated carbocycles. The third kappa shape index (κ3) is 2.14. The summed E-state index contributed by atoms with van der Waals surface area (Å²) in [5, 5.41) is 14.9. The van der Waals surface area contributed by atoms with Crippen LogP contribution in [0, 0.1) is 24.0 Å². The average Bonchev–Trinajstić information content (AvgIpc) is 2.96. The SMILES string of the molecule is Cc1cc(CN2c3cc([N+](=O)[O-])cc(C)c3C(=O)C2C)on1. The van der Waals surface area contributed by atoms with E-state index >= 15 is 0 Å². The van der Waals surface area contributed by atoms with Crippen LogP contribution in [-0.4, -0.2) is 21.9 Å². The van der Waals surface area contributed by atoms with E-state index in [1.807, 2.05) is 11.8 Å². The zero-order valence-corrected chi connectivity index (χ0v) is 12.5. The number of fused-ring (bicyclic) bond motifs is 1. The minimum absolute atomic E-state index is 0.0168. The van der Waals surface area contributed by atoms with Crippen molar-refractivity contribution in [3.8, 4) is 0 Å². The van der Waals surface area contributed by atoms with Crippen molar-refractivity contribution in [3.05, 3.63) is 50.9 Å². The summed E-state index contributed by atoms with van der Waals surface area (Å²) < 4.78 is 5.20. The fraction of sp³-hybridized carbons (Fsp3) is 0.333. The van der Waals surface area contributed by atoms with Gasteiger partial charge in [-0.3, -0.25) is 14.9 Å². The highest BCUT2D eigenvalue weighted by molar-refractivity contribution is 6.12. The maximum Gasteiger partial charge on any atom is 0.271 e. The maximum absolute atomic E-state index is 12.4. The van der Waals surface area contributed by atoms with E-state index in [1.54, 1.807) is 19.9 Å². The molecule has 0 saturated heterocycles. The minimum atomic E-state index is -0.447. The summed E-state index contributed by atoms with van der Waals surface area (Å²) in [7, 11) is 0. The predicted octanol–water partition coefficient (Wildman–Crippen LogP) is 2.79. The van der Waals surface area contributed by atoms with Crippen molar-refractivity contribution in [2.24, 2.45) is 0 Å². The fourth-order valence-corrected chi connectivity index (χ4v) is 2.84. The van der Waals surface area contributed by atoms with Gasteiger partial charge in [0, 0.05) is 23.8 Å². The maximum atomic E-state index is 12.4. The highest BCUT2D eigenvalue weighted by Gasteiger charge is 2.37.